The number of amides is 1. The number of carbonyl (C=O) groups is 1. The zero-order chi connectivity index (χ0) is 11.7. The number of carbonyl (C=O) groups excluding carboxylic acids is 1. The molecule has 0 spiro atoms. The normalized spacial score (nSPS) is 20.8. The van der Waals surface area contributed by atoms with Crippen LogP contribution in [0.3, 0.4) is 0 Å². The van der Waals surface area contributed by atoms with E-state index >= 15 is 0 Å². The molecule has 1 unspecified atom stereocenters. The summed E-state index contributed by atoms with van der Waals surface area (Å²) in [5, 5.41) is 9.86. The van der Waals surface area contributed by atoms with Crippen molar-refractivity contribution in [1.29, 1.82) is 0 Å². The van der Waals surface area contributed by atoms with Crippen LogP contribution in [0, 0.1) is 0 Å². The van der Waals surface area contributed by atoms with Crippen molar-refractivity contribution in [2.75, 3.05) is 0 Å². The molecule has 4 heteroatoms. The van der Waals surface area contributed by atoms with Crippen LogP contribution in [-0.4, -0.2) is 22.1 Å². The summed E-state index contributed by atoms with van der Waals surface area (Å²) in [6.07, 6.45) is -0.854. The lowest BCUT2D eigenvalue weighted by atomic mass is 10.2. The summed E-state index contributed by atoms with van der Waals surface area (Å²) < 4.78 is 0.563. The summed E-state index contributed by atoms with van der Waals surface area (Å²) in [6, 6.07) is 9.61. The molecule has 0 aromatic heterocycles. The quantitative estimate of drug-likeness (QED) is 0.901. The Hall–Kier alpha value is -1.13. The molecule has 1 N–H and O–H groups in total. The Morgan fingerprint density at radius 2 is 2.00 bits per heavy atom. The molecule has 84 valence electrons. The standard InChI is InChI=1S/C12H12BrNO2/c1-8-10(13)12(16)14(11(8)15)7-9-5-3-2-4-6-9/h2-6,12,16H,7H2,1H3. The highest BCUT2D eigenvalue weighted by Crippen LogP contribution is 2.29. The van der Waals surface area contributed by atoms with E-state index in [2.05, 4.69) is 15.9 Å². The van der Waals surface area contributed by atoms with E-state index in [0.717, 1.165) is 5.56 Å². The summed E-state index contributed by atoms with van der Waals surface area (Å²) in [5.41, 5.74) is 1.58. The molecule has 0 saturated heterocycles. The van der Waals surface area contributed by atoms with Crippen LogP contribution < -0.4 is 0 Å². The molecule has 0 saturated carbocycles. The molecule has 3 nitrogen and oxygen atoms in total. The van der Waals surface area contributed by atoms with Gasteiger partial charge in [0.15, 0.2) is 6.23 Å². The fourth-order valence-electron chi connectivity index (χ4n) is 1.70. The smallest absolute Gasteiger partial charge is 0.253 e. The van der Waals surface area contributed by atoms with Crippen molar-refractivity contribution in [2.24, 2.45) is 0 Å². The van der Waals surface area contributed by atoms with Gasteiger partial charge in [-0.15, -0.1) is 0 Å². The average molecular weight is 282 g/mol. The molecule has 1 aromatic carbocycles. The largest absolute Gasteiger partial charge is 0.369 e. The lowest BCUT2D eigenvalue weighted by molar-refractivity contribution is -0.132. The van der Waals surface area contributed by atoms with E-state index in [1.54, 1.807) is 6.92 Å². The van der Waals surface area contributed by atoms with Gasteiger partial charge >= 0.3 is 0 Å². The number of aliphatic hydroxyl groups excluding tert-OH is 1. The Kier molecular flexibility index (Phi) is 3.12. The highest BCUT2D eigenvalue weighted by atomic mass is 79.9. The minimum absolute atomic E-state index is 0.122. The van der Waals surface area contributed by atoms with E-state index in [0.29, 0.717) is 16.6 Å². The van der Waals surface area contributed by atoms with Gasteiger partial charge in [0.2, 0.25) is 0 Å². The van der Waals surface area contributed by atoms with Crippen LogP contribution in [0.4, 0.5) is 0 Å². The van der Waals surface area contributed by atoms with Gasteiger partial charge in [-0.25, -0.2) is 0 Å². The predicted molar refractivity (Wildman–Crippen MR) is 64.6 cm³/mol. The maximum atomic E-state index is 11.8. The molecule has 0 radical (unpaired) electrons. The third kappa shape index (κ3) is 1.90. The topological polar surface area (TPSA) is 40.5 Å². The molecule has 1 atom stereocenters. The first-order chi connectivity index (χ1) is 7.61. The predicted octanol–water partition coefficient (Wildman–Crippen LogP) is 2.02. The average Bonchev–Trinajstić information content (AvgIpc) is 2.48. The van der Waals surface area contributed by atoms with Crippen LogP contribution in [0.25, 0.3) is 0 Å². The van der Waals surface area contributed by atoms with Crippen molar-refractivity contribution in [1.82, 2.24) is 4.90 Å². The second-order valence-electron chi connectivity index (χ2n) is 3.77. The number of hydrogen-bond acceptors (Lipinski definition) is 2. The lowest BCUT2D eigenvalue weighted by Gasteiger charge is -2.21. The van der Waals surface area contributed by atoms with Crippen LogP contribution in [0.5, 0.6) is 0 Å². The molecule has 1 heterocycles. The Bertz CT molecular complexity index is 442. The van der Waals surface area contributed by atoms with E-state index < -0.39 is 6.23 Å². The van der Waals surface area contributed by atoms with Crippen molar-refractivity contribution >= 4 is 21.8 Å². The maximum absolute atomic E-state index is 11.8. The van der Waals surface area contributed by atoms with E-state index in [4.69, 9.17) is 0 Å². The Labute approximate surface area is 103 Å². The van der Waals surface area contributed by atoms with Gasteiger partial charge in [-0.3, -0.25) is 4.79 Å². The number of rotatable bonds is 2. The molecule has 16 heavy (non-hydrogen) atoms. The first kappa shape index (κ1) is 11.4. The molecule has 1 aliphatic heterocycles. The van der Waals surface area contributed by atoms with Gasteiger partial charge in [-0.05, 0) is 12.5 Å². The summed E-state index contributed by atoms with van der Waals surface area (Å²) in [7, 11) is 0. The van der Waals surface area contributed by atoms with Crippen molar-refractivity contribution in [3.63, 3.8) is 0 Å². The first-order valence-electron chi connectivity index (χ1n) is 5.00. The molecule has 2 rings (SSSR count). The van der Waals surface area contributed by atoms with Gasteiger partial charge < -0.3 is 10.0 Å². The van der Waals surface area contributed by atoms with Gasteiger partial charge in [0.05, 0.1) is 4.48 Å². The van der Waals surface area contributed by atoms with Crippen LogP contribution in [0.15, 0.2) is 40.4 Å². The number of aliphatic hydroxyl groups is 1. The first-order valence-corrected chi connectivity index (χ1v) is 5.80. The van der Waals surface area contributed by atoms with Gasteiger partial charge in [-0.2, -0.15) is 0 Å². The Balaban J connectivity index is 2.17. The molecule has 0 fully saturated rings. The minimum atomic E-state index is -0.854. The van der Waals surface area contributed by atoms with E-state index in [-0.39, 0.29) is 5.91 Å². The number of hydrogen-bond donors (Lipinski definition) is 1. The summed E-state index contributed by atoms with van der Waals surface area (Å²) in [4.78, 5) is 13.2. The fourth-order valence-corrected chi connectivity index (χ4v) is 2.11. The summed E-state index contributed by atoms with van der Waals surface area (Å²) in [5.74, 6) is -0.122. The molecular weight excluding hydrogens is 270 g/mol. The highest BCUT2D eigenvalue weighted by molar-refractivity contribution is 9.11. The number of benzene rings is 1. The zero-order valence-electron chi connectivity index (χ0n) is 8.85. The zero-order valence-corrected chi connectivity index (χ0v) is 10.4. The SMILES string of the molecule is CC1=C(Br)C(O)N(Cc2ccccc2)C1=O. The van der Waals surface area contributed by atoms with Gasteiger partial charge in [0, 0.05) is 12.1 Å². The van der Waals surface area contributed by atoms with Crippen LogP contribution in [0.1, 0.15) is 12.5 Å². The third-order valence-electron chi connectivity index (χ3n) is 2.66. The molecule has 1 aromatic rings. The van der Waals surface area contributed by atoms with E-state index in [9.17, 15) is 9.90 Å². The lowest BCUT2D eigenvalue weighted by Crippen LogP contribution is -2.34. The van der Waals surface area contributed by atoms with Crippen molar-refractivity contribution in [2.45, 2.75) is 19.7 Å². The van der Waals surface area contributed by atoms with Crippen LogP contribution >= 0.6 is 15.9 Å². The summed E-state index contributed by atoms with van der Waals surface area (Å²) in [6.45, 7) is 2.13. The Morgan fingerprint density at radius 3 is 2.50 bits per heavy atom. The molecule has 1 aliphatic rings. The van der Waals surface area contributed by atoms with Crippen LogP contribution in [-0.2, 0) is 11.3 Å². The van der Waals surface area contributed by atoms with Crippen molar-refractivity contribution in [3.05, 3.63) is 46.0 Å². The van der Waals surface area contributed by atoms with Gasteiger partial charge in [0.1, 0.15) is 0 Å². The Morgan fingerprint density at radius 1 is 1.38 bits per heavy atom. The second-order valence-corrected chi connectivity index (χ2v) is 4.62. The molecule has 0 bridgehead atoms. The van der Waals surface area contributed by atoms with Gasteiger partial charge in [-0.1, -0.05) is 46.3 Å². The van der Waals surface area contributed by atoms with Crippen molar-refractivity contribution < 1.29 is 9.90 Å². The molecular formula is C12H12BrNO2. The monoisotopic (exact) mass is 281 g/mol. The second kappa shape index (κ2) is 4.39. The molecule has 1 amide bonds. The highest BCUT2D eigenvalue weighted by Gasteiger charge is 2.34. The fraction of sp³-hybridized carbons (Fsp3) is 0.250. The van der Waals surface area contributed by atoms with Crippen LogP contribution in [0.2, 0.25) is 0 Å². The van der Waals surface area contributed by atoms with E-state index in [1.807, 2.05) is 30.3 Å². The third-order valence-corrected chi connectivity index (χ3v) is 3.66. The number of nitrogens with zero attached hydrogens (tertiary/aromatic N) is 1. The minimum Gasteiger partial charge on any atom is -0.369 e. The van der Waals surface area contributed by atoms with Gasteiger partial charge in [0.25, 0.3) is 5.91 Å². The van der Waals surface area contributed by atoms with E-state index in [1.165, 1.54) is 4.90 Å². The molecule has 0 aliphatic carbocycles. The summed E-state index contributed by atoms with van der Waals surface area (Å²) >= 11 is 3.23. The van der Waals surface area contributed by atoms with Crippen molar-refractivity contribution in [3.8, 4) is 0 Å². The number of halogens is 1. The maximum Gasteiger partial charge on any atom is 0.253 e.